The van der Waals surface area contributed by atoms with Crippen molar-refractivity contribution < 1.29 is 9.63 Å². The summed E-state index contributed by atoms with van der Waals surface area (Å²) in [6, 6.07) is 1.58. The van der Waals surface area contributed by atoms with Gasteiger partial charge in [0.15, 0.2) is 0 Å². The molecule has 5 nitrogen and oxygen atoms in total. The summed E-state index contributed by atoms with van der Waals surface area (Å²) in [5.41, 5.74) is 2.70. The molecular weight excluding hydrogens is 170 g/mol. The van der Waals surface area contributed by atoms with Gasteiger partial charge in [-0.1, -0.05) is 13.8 Å². The predicted octanol–water partition coefficient (Wildman–Crippen LogP) is 0.727. The fourth-order valence-electron chi connectivity index (χ4n) is 0.711. The van der Waals surface area contributed by atoms with Gasteiger partial charge in [-0.3, -0.25) is 14.7 Å². The number of amides is 1. The van der Waals surface area contributed by atoms with E-state index >= 15 is 0 Å². The summed E-state index contributed by atoms with van der Waals surface area (Å²) < 4.78 is 0. The molecule has 0 fully saturated rings. The zero-order valence-electron chi connectivity index (χ0n) is 7.70. The van der Waals surface area contributed by atoms with Crippen LogP contribution in [0.15, 0.2) is 12.3 Å². The largest absolute Gasteiger partial charge is 0.292 e. The number of aromatic nitrogens is 2. The highest BCUT2D eigenvalue weighted by Crippen LogP contribution is 1.93. The van der Waals surface area contributed by atoms with Crippen LogP contribution in [0.5, 0.6) is 0 Å². The number of hydrogen-bond acceptors (Lipinski definition) is 3. The van der Waals surface area contributed by atoms with Crippen molar-refractivity contribution in [3.8, 4) is 0 Å². The molecule has 1 rings (SSSR count). The van der Waals surface area contributed by atoms with E-state index in [1.807, 2.05) is 13.8 Å². The van der Waals surface area contributed by atoms with Gasteiger partial charge in [0.25, 0.3) is 5.91 Å². The van der Waals surface area contributed by atoms with E-state index in [0.717, 1.165) is 0 Å². The molecule has 1 amide bonds. The molecule has 0 saturated heterocycles. The quantitative estimate of drug-likeness (QED) is 0.676. The van der Waals surface area contributed by atoms with Crippen molar-refractivity contribution in [2.24, 2.45) is 5.92 Å². The third kappa shape index (κ3) is 3.25. The molecule has 2 N–H and O–H groups in total. The van der Waals surface area contributed by atoms with E-state index in [0.29, 0.717) is 18.2 Å². The van der Waals surface area contributed by atoms with Gasteiger partial charge in [0.1, 0.15) is 5.69 Å². The lowest BCUT2D eigenvalue weighted by Crippen LogP contribution is -2.25. The average molecular weight is 183 g/mol. The van der Waals surface area contributed by atoms with Gasteiger partial charge in [-0.25, -0.2) is 5.48 Å². The van der Waals surface area contributed by atoms with Crippen molar-refractivity contribution in [2.45, 2.75) is 13.8 Å². The van der Waals surface area contributed by atoms with Crippen LogP contribution in [0.3, 0.4) is 0 Å². The maximum absolute atomic E-state index is 11.2. The van der Waals surface area contributed by atoms with Crippen molar-refractivity contribution in [3.63, 3.8) is 0 Å². The number of hydrogen-bond donors (Lipinski definition) is 2. The van der Waals surface area contributed by atoms with E-state index in [4.69, 9.17) is 4.84 Å². The van der Waals surface area contributed by atoms with Crippen LogP contribution in [0, 0.1) is 5.92 Å². The molecule has 0 aliphatic heterocycles. The highest BCUT2D eigenvalue weighted by Gasteiger charge is 2.05. The van der Waals surface area contributed by atoms with Crippen LogP contribution in [0.25, 0.3) is 0 Å². The third-order valence-corrected chi connectivity index (χ3v) is 1.33. The van der Waals surface area contributed by atoms with Crippen molar-refractivity contribution in [1.82, 2.24) is 15.7 Å². The molecule has 0 spiro atoms. The molecule has 72 valence electrons. The predicted molar refractivity (Wildman–Crippen MR) is 46.8 cm³/mol. The monoisotopic (exact) mass is 183 g/mol. The van der Waals surface area contributed by atoms with Gasteiger partial charge in [-0.05, 0) is 12.0 Å². The molecule has 1 aromatic heterocycles. The van der Waals surface area contributed by atoms with Gasteiger partial charge >= 0.3 is 0 Å². The Hall–Kier alpha value is -1.36. The van der Waals surface area contributed by atoms with Crippen molar-refractivity contribution >= 4 is 5.91 Å². The number of hydroxylamine groups is 1. The van der Waals surface area contributed by atoms with Crippen molar-refractivity contribution in [3.05, 3.63) is 18.0 Å². The Morgan fingerprint density at radius 2 is 2.54 bits per heavy atom. The van der Waals surface area contributed by atoms with Gasteiger partial charge in [-0.2, -0.15) is 5.10 Å². The number of carbonyl (C=O) groups excluding carboxylic acids is 1. The van der Waals surface area contributed by atoms with Crippen LogP contribution in [-0.2, 0) is 4.84 Å². The molecule has 0 aromatic carbocycles. The van der Waals surface area contributed by atoms with E-state index < -0.39 is 0 Å². The highest BCUT2D eigenvalue weighted by atomic mass is 16.6. The molecular formula is C8H13N3O2. The number of carbonyl (C=O) groups is 1. The minimum atomic E-state index is -0.307. The fourth-order valence-corrected chi connectivity index (χ4v) is 0.711. The number of H-pyrrole nitrogens is 1. The molecule has 1 heterocycles. The van der Waals surface area contributed by atoms with E-state index in [1.165, 1.54) is 6.20 Å². The summed E-state index contributed by atoms with van der Waals surface area (Å²) in [4.78, 5) is 16.1. The number of nitrogens with one attached hydrogen (secondary N) is 2. The van der Waals surface area contributed by atoms with Crippen LogP contribution >= 0.6 is 0 Å². The minimum absolute atomic E-state index is 0.307. The van der Waals surface area contributed by atoms with Gasteiger partial charge in [0, 0.05) is 6.20 Å². The number of aromatic amines is 1. The Labute approximate surface area is 76.4 Å². The second-order valence-electron chi connectivity index (χ2n) is 3.11. The molecule has 0 atom stereocenters. The van der Waals surface area contributed by atoms with Crippen LogP contribution < -0.4 is 5.48 Å². The molecule has 0 aliphatic carbocycles. The lowest BCUT2D eigenvalue weighted by Gasteiger charge is -2.05. The first-order chi connectivity index (χ1) is 6.20. The molecule has 1 aromatic rings. The van der Waals surface area contributed by atoms with Gasteiger partial charge in [0.2, 0.25) is 0 Å². The smallest absolute Gasteiger partial charge is 0.273 e. The molecule has 13 heavy (non-hydrogen) atoms. The van der Waals surface area contributed by atoms with Gasteiger partial charge < -0.3 is 0 Å². The van der Waals surface area contributed by atoms with Crippen molar-refractivity contribution in [2.75, 3.05) is 6.61 Å². The lowest BCUT2D eigenvalue weighted by molar-refractivity contribution is 0.0205. The number of rotatable bonds is 4. The second-order valence-corrected chi connectivity index (χ2v) is 3.11. The molecule has 0 radical (unpaired) electrons. The van der Waals surface area contributed by atoms with E-state index in [-0.39, 0.29) is 5.91 Å². The van der Waals surface area contributed by atoms with Gasteiger partial charge in [-0.15, -0.1) is 0 Å². The minimum Gasteiger partial charge on any atom is -0.273 e. The van der Waals surface area contributed by atoms with E-state index in [2.05, 4.69) is 15.7 Å². The Morgan fingerprint density at radius 3 is 3.08 bits per heavy atom. The Bertz CT molecular complexity index is 256. The normalized spacial score (nSPS) is 10.4. The molecule has 0 aliphatic rings. The molecule has 0 unspecified atom stereocenters. The number of nitrogens with zero attached hydrogens (tertiary/aromatic N) is 1. The van der Waals surface area contributed by atoms with Crippen LogP contribution in [-0.4, -0.2) is 22.7 Å². The van der Waals surface area contributed by atoms with E-state index in [1.54, 1.807) is 6.07 Å². The summed E-state index contributed by atoms with van der Waals surface area (Å²) in [6.07, 6.45) is 1.51. The molecule has 5 heteroatoms. The Kier molecular flexibility index (Phi) is 3.45. The molecule has 0 saturated carbocycles. The zero-order valence-corrected chi connectivity index (χ0v) is 7.70. The maximum Gasteiger partial charge on any atom is 0.292 e. The Balaban J connectivity index is 2.27. The van der Waals surface area contributed by atoms with Gasteiger partial charge in [0.05, 0.1) is 6.61 Å². The SMILES string of the molecule is CC(C)CONC(=O)c1ccn[nH]1. The lowest BCUT2D eigenvalue weighted by atomic mass is 10.2. The van der Waals surface area contributed by atoms with E-state index in [9.17, 15) is 4.79 Å². The first-order valence-corrected chi connectivity index (χ1v) is 4.11. The summed E-state index contributed by atoms with van der Waals surface area (Å²) in [5.74, 6) is 0.0835. The second kappa shape index (κ2) is 4.61. The molecule has 0 bridgehead atoms. The topological polar surface area (TPSA) is 67.0 Å². The standard InChI is InChI=1S/C8H13N3O2/c1-6(2)5-13-11-8(12)7-3-4-9-10-7/h3-4,6H,5H2,1-2H3,(H,9,10)(H,11,12). The Morgan fingerprint density at radius 1 is 1.77 bits per heavy atom. The van der Waals surface area contributed by atoms with Crippen molar-refractivity contribution in [1.29, 1.82) is 0 Å². The summed E-state index contributed by atoms with van der Waals surface area (Å²) >= 11 is 0. The zero-order chi connectivity index (χ0) is 9.68. The summed E-state index contributed by atoms with van der Waals surface area (Å²) in [5, 5.41) is 6.18. The first-order valence-electron chi connectivity index (χ1n) is 4.11. The summed E-state index contributed by atoms with van der Waals surface area (Å²) in [7, 11) is 0. The fraction of sp³-hybridized carbons (Fsp3) is 0.500. The van der Waals surface area contributed by atoms with Crippen LogP contribution in [0.1, 0.15) is 24.3 Å². The third-order valence-electron chi connectivity index (χ3n) is 1.33. The average Bonchev–Trinajstić information content (AvgIpc) is 2.55. The maximum atomic E-state index is 11.2. The van der Waals surface area contributed by atoms with Crippen LogP contribution in [0.2, 0.25) is 0 Å². The van der Waals surface area contributed by atoms with Crippen LogP contribution in [0.4, 0.5) is 0 Å². The summed E-state index contributed by atoms with van der Waals surface area (Å²) in [6.45, 7) is 4.50. The highest BCUT2D eigenvalue weighted by molar-refractivity contribution is 5.91. The first kappa shape index (κ1) is 9.73.